The van der Waals surface area contributed by atoms with Crippen LogP contribution in [0.2, 0.25) is 0 Å². The Labute approximate surface area is 113 Å². The number of hydrogen-bond donors (Lipinski definition) is 0. The molecule has 1 nitrogen and oxygen atoms in total. The summed E-state index contributed by atoms with van der Waals surface area (Å²) in [6, 6.07) is 8.05. The van der Waals surface area contributed by atoms with Gasteiger partial charge in [-0.15, -0.1) is 0 Å². The van der Waals surface area contributed by atoms with Crippen molar-refractivity contribution in [3.05, 3.63) is 35.4 Å². The van der Waals surface area contributed by atoms with E-state index >= 15 is 0 Å². The van der Waals surface area contributed by atoms with Gasteiger partial charge in [-0.2, -0.15) is 0 Å². The molecule has 0 aliphatic heterocycles. The second-order valence-corrected chi connectivity index (χ2v) is 5.18. The molecule has 0 aliphatic rings. The van der Waals surface area contributed by atoms with E-state index in [1.807, 2.05) is 19.1 Å². The monoisotopic (exact) mass is 248 g/mol. The molecule has 18 heavy (non-hydrogen) atoms. The largest absolute Gasteiger partial charge is 0.294 e. The molecule has 0 heterocycles. The van der Waals surface area contributed by atoms with Crippen LogP contribution in [0.5, 0.6) is 0 Å². The maximum atomic E-state index is 11.6. The van der Waals surface area contributed by atoms with Gasteiger partial charge in [-0.1, -0.05) is 65.3 Å². The summed E-state index contributed by atoms with van der Waals surface area (Å²) < 4.78 is 0. The molecule has 0 saturated carbocycles. The average molecular weight is 248 g/mol. The molecule has 0 N–H and O–H groups in total. The summed E-state index contributed by atoms with van der Waals surface area (Å²) in [6.45, 7) is 10.7. The van der Waals surface area contributed by atoms with Gasteiger partial charge in [0.15, 0.2) is 5.78 Å². The van der Waals surface area contributed by atoms with Crippen molar-refractivity contribution in [1.29, 1.82) is 0 Å². The molecule has 0 aromatic heterocycles. The van der Waals surface area contributed by atoms with Crippen LogP contribution in [0.4, 0.5) is 0 Å². The lowest BCUT2D eigenvalue weighted by atomic mass is 10.00. The van der Waals surface area contributed by atoms with Crippen LogP contribution in [0.3, 0.4) is 0 Å². The first-order chi connectivity index (χ1) is 8.54. The quantitative estimate of drug-likeness (QED) is 0.647. The topological polar surface area (TPSA) is 17.1 Å². The van der Waals surface area contributed by atoms with E-state index < -0.39 is 0 Å². The Balaban J connectivity index is 0.000000873. The molecule has 0 radical (unpaired) electrons. The van der Waals surface area contributed by atoms with E-state index in [9.17, 15) is 4.79 Å². The average Bonchev–Trinajstić information content (AvgIpc) is 2.30. The minimum absolute atomic E-state index is 0.258. The van der Waals surface area contributed by atoms with Crippen LogP contribution in [-0.2, 0) is 6.42 Å². The number of hydrogen-bond acceptors (Lipinski definition) is 1. The van der Waals surface area contributed by atoms with Gasteiger partial charge in [0, 0.05) is 12.0 Å². The number of carbonyl (C=O) groups excluding carboxylic acids is 1. The van der Waals surface area contributed by atoms with Crippen molar-refractivity contribution in [2.75, 3.05) is 0 Å². The van der Waals surface area contributed by atoms with Gasteiger partial charge in [0.05, 0.1) is 0 Å². The molecular formula is C17H28O. The highest BCUT2D eigenvalue weighted by Crippen LogP contribution is 2.11. The van der Waals surface area contributed by atoms with Gasteiger partial charge in [0.1, 0.15) is 0 Å². The Kier molecular flexibility index (Phi) is 9.26. The van der Waals surface area contributed by atoms with E-state index in [0.717, 1.165) is 18.4 Å². The zero-order valence-corrected chi connectivity index (χ0v) is 12.6. The molecule has 1 aromatic rings. The maximum absolute atomic E-state index is 11.6. The van der Waals surface area contributed by atoms with Crippen molar-refractivity contribution in [3.63, 3.8) is 0 Å². The molecule has 0 fully saturated rings. The summed E-state index contributed by atoms with van der Waals surface area (Å²) in [7, 11) is 0. The summed E-state index contributed by atoms with van der Waals surface area (Å²) in [4.78, 5) is 11.6. The van der Waals surface area contributed by atoms with Crippen LogP contribution in [0, 0.1) is 5.92 Å². The van der Waals surface area contributed by atoms with Gasteiger partial charge in [-0.05, 0) is 24.3 Å². The van der Waals surface area contributed by atoms with Gasteiger partial charge in [0.2, 0.25) is 0 Å². The maximum Gasteiger partial charge on any atom is 0.162 e. The predicted octanol–water partition coefficient (Wildman–Crippen LogP) is 5.28. The molecule has 1 aromatic carbocycles. The smallest absolute Gasteiger partial charge is 0.162 e. The first-order valence-corrected chi connectivity index (χ1v) is 7.17. The lowest BCUT2D eigenvalue weighted by Crippen LogP contribution is -1.99. The molecule has 102 valence electrons. The fourth-order valence-corrected chi connectivity index (χ4v) is 1.67. The Morgan fingerprint density at radius 1 is 1.06 bits per heavy atom. The van der Waals surface area contributed by atoms with Crippen LogP contribution in [0.25, 0.3) is 0 Å². The van der Waals surface area contributed by atoms with Crippen molar-refractivity contribution < 1.29 is 4.79 Å². The minimum Gasteiger partial charge on any atom is -0.294 e. The van der Waals surface area contributed by atoms with E-state index in [1.54, 1.807) is 0 Å². The molecule has 0 spiro atoms. The summed E-state index contributed by atoms with van der Waals surface area (Å²) in [6.07, 6.45) is 3.92. The number of benzene rings is 1. The molecule has 1 rings (SSSR count). The van der Waals surface area contributed by atoms with Crippen molar-refractivity contribution in [2.24, 2.45) is 5.92 Å². The molecule has 1 heteroatoms. The Morgan fingerprint density at radius 3 is 1.94 bits per heavy atom. The van der Waals surface area contributed by atoms with E-state index in [4.69, 9.17) is 0 Å². The van der Waals surface area contributed by atoms with Crippen molar-refractivity contribution in [1.82, 2.24) is 0 Å². The minimum atomic E-state index is 0.258. The van der Waals surface area contributed by atoms with E-state index in [1.165, 1.54) is 12.0 Å². The normalized spacial score (nSPS) is 9.89. The van der Waals surface area contributed by atoms with Gasteiger partial charge < -0.3 is 0 Å². The second kappa shape index (κ2) is 9.87. The van der Waals surface area contributed by atoms with Crippen molar-refractivity contribution in [3.8, 4) is 0 Å². The third-order valence-electron chi connectivity index (χ3n) is 2.40. The van der Waals surface area contributed by atoms with Crippen LogP contribution < -0.4 is 0 Å². The van der Waals surface area contributed by atoms with E-state index in [-0.39, 0.29) is 5.78 Å². The molecule has 0 atom stereocenters. The molecule has 0 bridgehead atoms. The second-order valence-electron chi connectivity index (χ2n) is 5.18. The summed E-state index contributed by atoms with van der Waals surface area (Å²) in [5.74, 6) is 0.927. The van der Waals surface area contributed by atoms with E-state index in [0.29, 0.717) is 12.3 Å². The first-order valence-electron chi connectivity index (χ1n) is 7.17. The van der Waals surface area contributed by atoms with Crippen LogP contribution in [0.15, 0.2) is 24.3 Å². The van der Waals surface area contributed by atoms with Crippen LogP contribution in [0.1, 0.15) is 69.8 Å². The molecule has 0 saturated heterocycles. The fourth-order valence-electron chi connectivity index (χ4n) is 1.67. The highest BCUT2D eigenvalue weighted by atomic mass is 16.1. The number of carbonyl (C=O) groups is 1. The lowest BCUT2D eigenvalue weighted by molar-refractivity contribution is 0.0982. The summed E-state index contributed by atoms with van der Waals surface area (Å²) in [5, 5.41) is 0. The first kappa shape index (κ1) is 16.9. The number of Topliss-reactive ketones (excluding diaryl/α,β-unsaturated/α-hetero) is 1. The standard InChI is InChI=1S/C14H20O.C3H8/c1-4-5-14(15)13-8-6-12(7-9-13)10-11(2)3;1-3-2/h6-9,11H,4-5,10H2,1-3H3;3H2,1-2H3. The molecular weight excluding hydrogens is 220 g/mol. The molecule has 0 amide bonds. The third-order valence-corrected chi connectivity index (χ3v) is 2.40. The van der Waals surface area contributed by atoms with Gasteiger partial charge in [0.25, 0.3) is 0 Å². The van der Waals surface area contributed by atoms with Crippen LogP contribution >= 0.6 is 0 Å². The van der Waals surface area contributed by atoms with Gasteiger partial charge in [-0.3, -0.25) is 4.79 Å². The summed E-state index contributed by atoms with van der Waals surface area (Å²) in [5.41, 5.74) is 2.17. The number of rotatable bonds is 5. The van der Waals surface area contributed by atoms with Crippen molar-refractivity contribution in [2.45, 2.75) is 60.3 Å². The van der Waals surface area contributed by atoms with Crippen LogP contribution in [-0.4, -0.2) is 5.78 Å². The predicted molar refractivity (Wildman–Crippen MR) is 80.2 cm³/mol. The Morgan fingerprint density at radius 2 is 1.56 bits per heavy atom. The van der Waals surface area contributed by atoms with Gasteiger partial charge in [-0.25, -0.2) is 0 Å². The van der Waals surface area contributed by atoms with Crippen molar-refractivity contribution >= 4 is 5.78 Å². The third kappa shape index (κ3) is 7.26. The Bertz CT molecular complexity index is 322. The zero-order chi connectivity index (χ0) is 14.0. The highest BCUT2D eigenvalue weighted by Gasteiger charge is 2.04. The molecule has 0 aliphatic carbocycles. The highest BCUT2D eigenvalue weighted by molar-refractivity contribution is 5.95. The summed E-state index contributed by atoms with van der Waals surface area (Å²) >= 11 is 0. The SMILES string of the molecule is CCC.CCCC(=O)c1ccc(CC(C)C)cc1. The van der Waals surface area contributed by atoms with Gasteiger partial charge >= 0.3 is 0 Å². The fraction of sp³-hybridized carbons (Fsp3) is 0.588. The number of ketones is 1. The zero-order valence-electron chi connectivity index (χ0n) is 12.6. The lowest BCUT2D eigenvalue weighted by Gasteiger charge is -2.05. The Hall–Kier alpha value is -1.11. The molecule has 0 unspecified atom stereocenters. The van der Waals surface area contributed by atoms with E-state index in [2.05, 4.69) is 39.8 Å².